The second kappa shape index (κ2) is 5.10. The number of benzene rings is 2. The number of nitrogens with zero attached hydrogens (tertiary/aromatic N) is 2. The van der Waals surface area contributed by atoms with E-state index in [9.17, 15) is 0 Å². The number of hydrogen-bond acceptors (Lipinski definition) is 2. The van der Waals surface area contributed by atoms with Gasteiger partial charge in [-0.3, -0.25) is 0 Å². The Labute approximate surface area is 119 Å². The SMILES string of the molecule is Cc1cccc(-c2nc3ccc(CCN)cc3n2C)c1. The van der Waals surface area contributed by atoms with E-state index in [1.807, 2.05) is 0 Å². The van der Waals surface area contributed by atoms with Crippen molar-refractivity contribution in [2.45, 2.75) is 13.3 Å². The normalized spacial score (nSPS) is 11.2. The quantitative estimate of drug-likeness (QED) is 0.791. The zero-order valence-corrected chi connectivity index (χ0v) is 11.9. The van der Waals surface area contributed by atoms with Gasteiger partial charge in [-0.25, -0.2) is 4.98 Å². The molecule has 3 aromatic rings. The van der Waals surface area contributed by atoms with Gasteiger partial charge in [0.2, 0.25) is 0 Å². The van der Waals surface area contributed by atoms with E-state index in [-0.39, 0.29) is 0 Å². The lowest BCUT2D eigenvalue weighted by Crippen LogP contribution is -2.02. The van der Waals surface area contributed by atoms with Crippen LogP contribution in [-0.2, 0) is 13.5 Å². The molecule has 0 amide bonds. The van der Waals surface area contributed by atoms with Gasteiger partial charge in [0.15, 0.2) is 0 Å². The smallest absolute Gasteiger partial charge is 0.140 e. The molecule has 2 aromatic carbocycles. The standard InChI is InChI=1S/C17H19N3/c1-12-4-3-5-14(10-12)17-19-15-7-6-13(8-9-18)11-16(15)20(17)2/h3-7,10-11H,8-9,18H2,1-2H3. The fourth-order valence-electron chi connectivity index (χ4n) is 2.60. The van der Waals surface area contributed by atoms with Gasteiger partial charge in [0.25, 0.3) is 0 Å². The van der Waals surface area contributed by atoms with E-state index in [4.69, 9.17) is 10.7 Å². The molecule has 3 heteroatoms. The Morgan fingerprint density at radius 2 is 2.00 bits per heavy atom. The average Bonchev–Trinajstić information content (AvgIpc) is 2.77. The maximum absolute atomic E-state index is 5.63. The summed E-state index contributed by atoms with van der Waals surface area (Å²) in [6.07, 6.45) is 0.904. The highest BCUT2D eigenvalue weighted by molar-refractivity contribution is 5.81. The number of aryl methyl sites for hydroxylation is 2. The van der Waals surface area contributed by atoms with Gasteiger partial charge in [0, 0.05) is 12.6 Å². The molecule has 0 aliphatic heterocycles. The second-order valence-electron chi connectivity index (χ2n) is 5.23. The molecule has 0 aliphatic rings. The minimum atomic E-state index is 0.675. The van der Waals surface area contributed by atoms with Crippen LogP contribution >= 0.6 is 0 Å². The third-order valence-electron chi connectivity index (χ3n) is 3.65. The second-order valence-corrected chi connectivity index (χ2v) is 5.23. The number of aromatic nitrogens is 2. The van der Waals surface area contributed by atoms with Crippen LogP contribution in [0.25, 0.3) is 22.4 Å². The van der Waals surface area contributed by atoms with Crippen LogP contribution in [0.3, 0.4) is 0 Å². The van der Waals surface area contributed by atoms with E-state index in [1.165, 1.54) is 11.1 Å². The minimum Gasteiger partial charge on any atom is -0.330 e. The highest BCUT2D eigenvalue weighted by atomic mass is 15.1. The maximum atomic E-state index is 5.63. The third-order valence-corrected chi connectivity index (χ3v) is 3.65. The van der Waals surface area contributed by atoms with Crippen molar-refractivity contribution in [2.75, 3.05) is 6.54 Å². The van der Waals surface area contributed by atoms with Gasteiger partial charge in [-0.1, -0.05) is 29.8 Å². The molecule has 0 unspecified atom stereocenters. The van der Waals surface area contributed by atoms with Crippen molar-refractivity contribution >= 4 is 11.0 Å². The third kappa shape index (κ3) is 2.21. The van der Waals surface area contributed by atoms with Crippen LogP contribution in [0.5, 0.6) is 0 Å². The van der Waals surface area contributed by atoms with Crippen molar-refractivity contribution in [2.24, 2.45) is 12.8 Å². The monoisotopic (exact) mass is 265 g/mol. The number of nitrogens with two attached hydrogens (primary N) is 1. The van der Waals surface area contributed by atoms with E-state index >= 15 is 0 Å². The summed E-state index contributed by atoms with van der Waals surface area (Å²) in [5.41, 5.74) is 11.5. The van der Waals surface area contributed by atoms with Crippen LogP contribution < -0.4 is 5.73 Å². The van der Waals surface area contributed by atoms with Gasteiger partial charge >= 0.3 is 0 Å². The van der Waals surface area contributed by atoms with Gasteiger partial charge in [0.05, 0.1) is 11.0 Å². The summed E-state index contributed by atoms with van der Waals surface area (Å²) in [4.78, 5) is 4.76. The van der Waals surface area contributed by atoms with E-state index in [2.05, 4.69) is 61.0 Å². The molecule has 0 atom stereocenters. The van der Waals surface area contributed by atoms with E-state index in [1.54, 1.807) is 0 Å². The van der Waals surface area contributed by atoms with Gasteiger partial charge < -0.3 is 10.3 Å². The van der Waals surface area contributed by atoms with E-state index < -0.39 is 0 Å². The topological polar surface area (TPSA) is 43.8 Å². The molecule has 0 saturated heterocycles. The molecule has 3 nitrogen and oxygen atoms in total. The molecule has 0 radical (unpaired) electrons. The molecule has 0 aliphatic carbocycles. The van der Waals surface area contributed by atoms with Crippen LogP contribution in [0.4, 0.5) is 0 Å². The Kier molecular flexibility index (Phi) is 3.28. The molecule has 20 heavy (non-hydrogen) atoms. The summed E-state index contributed by atoms with van der Waals surface area (Å²) in [6.45, 7) is 2.78. The van der Waals surface area contributed by atoms with Gasteiger partial charge in [-0.2, -0.15) is 0 Å². The van der Waals surface area contributed by atoms with Crippen molar-refractivity contribution in [3.8, 4) is 11.4 Å². The lowest BCUT2D eigenvalue weighted by atomic mass is 10.1. The predicted octanol–water partition coefficient (Wildman–Crippen LogP) is 3.05. The van der Waals surface area contributed by atoms with Gasteiger partial charge in [-0.15, -0.1) is 0 Å². The first-order valence-corrected chi connectivity index (χ1v) is 6.91. The molecular weight excluding hydrogens is 246 g/mol. The summed E-state index contributed by atoms with van der Waals surface area (Å²) in [7, 11) is 2.07. The zero-order valence-electron chi connectivity index (χ0n) is 11.9. The molecule has 0 spiro atoms. The van der Waals surface area contributed by atoms with Crippen molar-refractivity contribution in [1.29, 1.82) is 0 Å². The van der Waals surface area contributed by atoms with Crippen molar-refractivity contribution in [1.82, 2.24) is 9.55 Å². The summed E-state index contributed by atoms with van der Waals surface area (Å²) in [5.74, 6) is 1.01. The van der Waals surface area contributed by atoms with Crippen molar-refractivity contribution in [3.63, 3.8) is 0 Å². The molecule has 1 heterocycles. The highest BCUT2D eigenvalue weighted by Gasteiger charge is 2.10. The first-order valence-electron chi connectivity index (χ1n) is 6.91. The van der Waals surface area contributed by atoms with Gasteiger partial charge in [0.1, 0.15) is 5.82 Å². The number of rotatable bonds is 3. The fraction of sp³-hybridized carbons (Fsp3) is 0.235. The van der Waals surface area contributed by atoms with Crippen LogP contribution in [0.2, 0.25) is 0 Å². The minimum absolute atomic E-state index is 0.675. The van der Waals surface area contributed by atoms with E-state index in [0.29, 0.717) is 6.54 Å². The van der Waals surface area contributed by atoms with Gasteiger partial charge in [-0.05, 0) is 43.7 Å². The number of imidazole rings is 1. The first kappa shape index (κ1) is 12.9. The molecule has 0 bridgehead atoms. The predicted molar refractivity (Wildman–Crippen MR) is 83.6 cm³/mol. The molecule has 0 fully saturated rings. The molecule has 3 rings (SSSR count). The summed E-state index contributed by atoms with van der Waals surface area (Å²) in [6, 6.07) is 14.8. The summed E-state index contributed by atoms with van der Waals surface area (Å²) >= 11 is 0. The van der Waals surface area contributed by atoms with Crippen LogP contribution in [0, 0.1) is 6.92 Å². The molecular formula is C17H19N3. The lowest BCUT2D eigenvalue weighted by molar-refractivity contribution is 0.948. The van der Waals surface area contributed by atoms with Crippen molar-refractivity contribution in [3.05, 3.63) is 53.6 Å². The fourth-order valence-corrected chi connectivity index (χ4v) is 2.60. The average molecular weight is 265 g/mol. The lowest BCUT2D eigenvalue weighted by Gasteiger charge is -2.04. The van der Waals surface area contributed by atoms with E-state index in [0.717, 1.165) is 28.8 Å². The Balaban J connectivity index is 2.15. The maximum Gasteiger partial charge on any atom is 0.140 e. The molecule has 0 saturated carbocycles. The van der Waals surface area contributed by atoms with Crippen LogP contribution in [-0.4, -0.2) is 16.1 Å². The molecule has 2 N–H and O–H groups in total. The summed E-state index contributed by atoms with van der Waals surface area (Å²) in [5, 5.41) is 0. The van der Waals surface area contributed by atoms with Crippen LogP contribution in [0.1, 0.15) is 11.1 Å². The first-order chi connectivity index (χ1) is 9.69. The summed E-state index contributed by atoms with van der Waals surface area (Å²) < 4.78 is 2.16. The molecule has 102 valence electrons. The number of hydrogen-bond donors (Lipinski definition) is 1. The molecule has 1 aromatic heterocycles. The Morgan fingerprint density at radius 3 is 2.75 bits per heavy atom. The van der Waals surface area contributed by atoms with Crippen LogP contribution in [0.15, 0.2) is 42.5 Å². The Hall–Kier alpha value is -2.13. The van der Waals surface area contributed by atoms with Crippen molar-refractivity contribution < 1.29 is 0 Å². The Morgan fingerprint density at radius 1 is 1.15 bits per heavy atom. The number of fused-ring (bicyclic) bond motifs is 1. The zero-order chi connectivity index (χ0) is 14.1. The Bertz CT molecular complexity index is 756. The largest absolute Gasteiger partial charge is 0.330 e. The highest BCUT2D eigenvalue weighted by Crippen LogP contribution is 2.25.